The normalized spacial score (nSPS) is 9.29. The second-order valence-electron chi connectivity index (χ2n) is 2.27. The van der Waals surface area contributed by atoms with Crippen molar-refractivity contribution in [3.8, 4) is 0 Å². The first kappa shape index (κ1) is 14.1. The molecular formula is C8H7NaO4S. The van der Waals surface area contributed by atoms with Gasteiger partial charge < -0.3 is 5.26 Å². The molecule has 0 amide bonds. The Morgan fingerprint density at radius 2 is 2.07 bits per heavy atom. The first-order chi connectivity index (χ1) is 6.25. The topological polar surface area (TPSA) is 58.6 Å². The van der Waals surface area contributed by atoms with Crippen molar-refractivity contribution in [1.82, 2.24) is 0 Å². The molecule has 14 heavy (non-hydrogen) atoms. The standard InChI is InChI=1S/C8H8O4S.Na/c1-6(9)7-4-2-3-5-8(7)13-12-11-10;/h2-5,10H,1H3;/q;+1/p-1. The second-order valence-corrected chi connectivity index (χ2v) is 3.01. The van der Waals surface area contributed by atoms with Crippen LogP contribution >= 0.6 is 12.0 Å². The Bertz CT molecular complexity index is 305. The largest absolute Gasteiger partial charge is 1.00 e. The maximum absolute atomic E-state index is 11.0. The predicted octanol–water partition coefficient (Wildman–Crippen LogP) is -1.88. The molecule has 0 N–H and O–H groups in total. The molecule has 0 fully saturated rings. The summed E-state index contributed by atoms with van der Waals surface area (Å²) in [5.41, 5.74) is 0.504. The van der Waals surface area contributed by atoms with Crippen LogP contribution in [0.15, 0.2) is 29.2 Å². The van der Waals surface area contributed by atoms with Crippen molar-refractivity contribution in [2.75, 3.05) is 0 Å². The number of carbonyl (C=O) groups excluding carboxylic acids is 1. The average molecular weight is 222 g/mol. The van der Waals surface area contributed by atoms with Crippen LogP contribution in [0.2, 0.25) is 0 Å². The Hall–Kier alpha value is 0.120. The van der Waals surface area contributed by atoms with Gasteiger partial charge in [-0.1, -0.05) is 18.2 Å². The van der Waals surface area contributed by atoms with Gasteiger partial charge in [0.15, 0.2) is 5.78 Å². The molecule has 70 valence electrons. The van der Waals surface area contributed by atoms with Gasteiger partial charge in [0.05, 0.1) is 12.0 Å². The number of Topliss-reactive ketones (excluding diaryl/α,β-unsaturated/α-hetero) is 1. The van der Waals surface area contributed by atoms with Crippen LogP contribution < -0.4 is 34.8 Å². The van der Waals surface area contributed by atoms with Crippen molar-refractivity contribution in [3.05, 3.63) is 29.8 Å². The van der Waals surface area contributed by atoms with E-state index in [2.05, 4.69) is 9.37 Å². The van der Waals surface area contributed by atoms with Gasteiger partial charge >= 0.3 is 29.6 Å². The van der Waals surface area contributed by atoms with Crippen LogP contribution in [-0.2, 0) is 9.37 Å². The number of carbonyl (C=O) groups is 1. The molecule has 0 atom stereocenters. The zero-order valence-corrected chi connectivity index (χ0v) is 10.7. The molecule has 0 saturated carbocycles. The number of hydrogen-bond donors (Lipinski definition) is 0. The van der Waals surface area contributed by atoms with Crippen molar-refractivity contribution < 1.29 is 49.0 Å². The molecule has 0 saturated heterocycles. The molecule has 1 aromatic rings. The maximum atomic E-state index is 11.0. The summed E-state index contributed by atoms with van der Waals surface area (Å²) in [6.45, 7) is 1.44. The summed E-state index contributed by atoms with van der Waals surface area (Å²) in [5.74, 6) is -0.0856. The number of ketones is 1. The van der Waals surface area contributed by atoms with Crippen molar-refractivity contribution >= 4 is 17.8 Å². The van der Waals surface area contributed by atoms with E-state index in [-0.39, 0.29) is 35.3 Å². The van der Waals surface area contributed by atoms with Gasteiger partial charge in [0.25, 0.3) is 0 Å². The molecule has 1 aromatic carbocycles. The van der Waals surface area contributed by atoms with Crippen LogP contribution in [0, 0.1) is 0 Å². The molecule has 6 heteroatoms. The fraction of sp³-hybridized carbons (Fsp3) is 0.125. The summed E-state index contributed by atoms with van der Waals surface area (Å²) in [5, 5.41) is 12.7. The molecular weight excluding hydrogens is 215 g/mol. The quantitative estimate of drug-likeness (QED) is 0.196. The smallest absolute Gasteiger partial charge is 0.691 e. The van der Waals surface area contributed by atoms with Crippen molar-refractivity contribution in [2.45, 2.75) is 11.8 Å². The Balaban J connectivity index is 0.00000169. The number of hydrogen-bond acceptors (Lipinski definition) is 5. The summed E-state index contributed by atoms with van der Waals surface area (Å²) in [4.78, 5) is 11.6. The number of benzene rings is 1. The van der Waals surface area contributed by atoms with E-state index < -0.39 is 0 Å². The third-order valence-electron chi connectivity index (χ3n) is 1.42. The zero-order valence-electron chi connectivity index (χ0n) is 7.85. The third kappa shape index (κ3) is 4.10. The first-order valence-electron chi connectivity index (χ1n) is 3.49. The van der Waals surface area contributed by atoms with Crippen molar-refractivity contribution in [1.29, 1.82) is 0 Å². The van der Waals surface area contributed by atoms with Gasteiger partial charge in [-0.15, -0.1) is 0 Å². The molecule has 1 rings (SSSR count). The predicted molar refractivity (Wildman–Crippen MR) is 44.5 cm³/mol. The molecule has 0 aliphatic heterocycles. The zero-order chi connectivity index (χ0) is 9.68. The van der Waals surface area contributed by atoms with Gasteiger partial charge in [0.2, 0.25) is 0 Å². The molecule has 0 aliphatic carbocycles. The van der Waals surface area contributed by atoms with E-state index in [1.807, 2.05) is 0 Å². The van der Waals surface area contributed by atoms with Crippen molar-refractivity contribution in [3.63, 3.8) is 0 Å². The fourth-order valence-electron chi connectivity index (χ4n) is 0.881. The van der Waals surface area contributed by atoms with Gasteiger partial charge in [-0.25, -0.2) is 0 Å². The van der Waals surface area contributed by atoms with Crippen LogP contribution in [-0.4, -0.2) is 5.78 Å². The molecule has 0 aromatic heterocycles. The van der Waals surface area contributed by atoms with Crippen LogP contribution in [0.4, 0.5) is 0 Å². The maximum Gasteiger partial charge on any atom is 1.00 e. The van der Waals surface area contributed by atoms with Gasteiger partial charge in [-0.2, -0.15) is 4.33 Å². The van der Waals surface area contributed by atoms with Gasteiger partial charge in [-0.3, -0.25) is 9.83 Å². The summed E-state index contributed by atoms with van der Waals surface area (Å²) >= 11 is 0.720. The summed E-state index contributed by atoms with van der Waals surface area (Å²) < 4.78 is 4.12. The first-order valence-corrected chi connectivity index (χ1v) is 4.23. The van der Waals surface area contributed by atoms with Crippen LogP contribution in [0.3, 0.4) is 0 Å². The van der Waals surface area contributed by atoms with Crippen LogP contribution in [0.5, 0.6) is 0 Å². The molecule has 0 radical (unpaired) electrons. The molecule has 0 unspecified atom stereocenters. The van der Waals surface area contributed by atoms with Crippen molar-refractivity contribution in [2.24, 2.45) is 0 Å². The monoisotopic (exact) mass is 222 g/mol. The Morgan fingerprint density at radius 1 is 1.43 bits per heavy atom. The summed E-state index contributed by atoms with van der Waals surface area (Å²) in [7, 11) is 0. The average Bonchev–Trinajstić information content (AvgIpc) is 2.15. The third-order valence-corrected chi connectivity index (χ3v) is 2.08. The minimum absolute atomic E-state index is 0. The number of rotatable bonds is 4. The van der Waals surface area contributed by atoms with Gasteiger partial charge in [0, 0.05) is 10.5 Å². The van der Waals surface area contributed by atoms with E-state index in [1.54, 1.807) is 24.3 Å². The summed E-state index contributed by atoms with van der Waals surface area (Å²) in [6.07, 6.45) is 0. The molecule has 0 aliphatic rings. The Labute approximate surface area is 108 Å². The SMILES string of the molecule is CC(=O)c1ccccc1SOO[O-].[Na+]. The van der Waals surface area contributed by atoms with Crippen LogP contribution in [0.1, 0.15) is 17.3 Å². The van der Waals surface area contributed by atoms with E-state index in [0.29, 0.717) is 10.5 Å². The minimum atomic E-state index is -0.0856. The van der Waals surface area contributed by atoms with E-state index in [9.17, 15) is 10.1 Å². The van der Waals surface area contributed by atoms with E-state index in [1.165, 1.54) is 6.92 Å². The molecule has 0 spiro atoms. The Kier molecular flexibility index (Phi) is 7.48. The minimum Gasteiger partial charge on any atom is -0.691 e. The van der Waals surface area contributed by atoms with Gasteiger partial charge in [0.1, 0.15) is 0 Å². The van der Waals surface area contributed by atoms with E-state index >= 15 is 0 Å². The summed E-state index contributed by atoms with van der Waals surface area (Å²) in [6, 6.07) is 6.79. The van der Waals surface area contributed by atoms with E-state index in [4.69, 9.17) is 0 Å². The van der Waals surface area contributed by atoms with Crippen LogP contribution in [0.25, 0.3) is 0 Å². The fourth-order valence-corrected chi connectivity index (χ4v) is 1.42. The molecule has 0 bridgehead atoms. The Morgan fingerprint density at radius 3 is 2.64 bits per heavy atom. The molecule has 0 heterocycles. The molecule has 4 nitrogen and oxygen atoms in total. The second kappa shape index (κ2) is 7.42. The van der Waals surface area contributed by atoms with Gasteiger partial charge in [-0.05, 0) is 13.0 Å². The van der Waals surface area contributed by atoms with E-state index in [0.717, 1.165) is 12.0 Å².